The Hall–Kier alpha value is -0.550. The molecule has 0 unspecified atom stereocenters. The van der Waals surface area contributed by atoms with Gasteiger partial charge in [0.05, 0.1) is 12.6 Å². The van der Waals surface area contributed by atoms with E-state index in [1.54, 1.807) is 12.1 Å². The summed E-state index contributed by atoms with van der Waals surface area (Å²) in [6, 6.07) is 2.78. The molecule has 5 heteroatoms. The SMILES string of the molecule is Cl.N[C@H](CO)c1ccc(CO)o1. The van der Waals surface area contributed by atoms with Crippen molar-refractivity contribution in [2.75, 3.05) is 6.61 Å². The van der Waals surface area contributed by atoms with Gasteiger partial charge in [0.15, 0.2) is 0 Å². The Morgan fingerprint density at radius 3 is 2.50 bits per heavy atom. The molecule has 0 aliphatic rings. The Bertz CT molecular complexity index is 226. The summed E-state index contributed by atoms with van der Waals surface area (Å²) in [6.07, 6.45) is 0. The van der Waals surface area contributed by atoms with Gasteiger partial charge in [0.1, 0.15) is 18.1 Å². The zero-order valence-electron chi connectivity index (χ0n) is 6.43. The zero-order valence-corrected chi connectivity index (χ0v) is 7.25. The smallest absolute Gasteiger partial charge is 0.129 e. The lowest BCUT2D eigenvalue weighted by molar-refractivity contribution is 0.224. The van der Waals surface area contributed by atoms with Crippen LogP contribution < -0.4 is 5.73 Å². The van der Waals surface area contributed by atoms with Gasteiger partial charge in [-0.05, 0) is 12.1 Å². The lowest BCUT2D eigenvalue weighted by atomic mass is 10.2. The van der Waals surface area contributed by atoms with Crippen LogP contribution in [0.3, 0.4) is 0 Å². The molecule has 1 rings (SSSR count). The van der Waals surface area contributed by atoms with Gasteiger partial charge in [-0.25, -0.2) is 0 Å². The van der Waals surface area contributed by atoms with Crippen LogP contribution in [-0.2, 0) is 6.61 Å². The van der Waals surface area contributed by atoms with Crippen molar-refractivity contribution in [3.8, 4) is 0 Å². The standard InChI is InChI=1S/C7H11NO3.ClH/c8-6(4-10)7-2-1-5(3-9)11-7;/h1-2,6,9-10H,3-4,8H2;1H/t6-;/m1./s1. The molecule has 0 bridgehead atoms. The number of furan rings is 1. The van der Waals surface area contributed by atoms with Crippen LogP contribution in [0.5, 0.6) is 0 Å². The van der Waals surface area contributed by atoms with E-state index in [0.717, 1.165) is 0 Å². The highest BCUT2D eigenvalue weighted by atomic mass is 35.5. The monoisotopic (exact) mass is 193 g/mol. The third kappa shape index (κ3) is 2.49. The minimum absolute atomic E-state index is 0. The fraction of sp³-hybridized carbons (Fsp3) is 0.429. The van der Waals surface area contributed by atoms with Gasteiger partial charge in [0.2, 0.25) is 0 Å². The molecule has 4 nitrogen and oxygen atoms in total. The van der Waals surface area contributed by atoms with Crippen LogP contribution in [0.1, 0.15) is 17.6 Å². The Balaban J connectivity index is 0.00000121. The molecule has 0 saturated carbocycles. The van der Waals surface area contributed by atoms with Gasteiger partial charge in [0.25, 0.3) is 0 Å². The van der Waals surface area contributed by atoms with E-state index >= 15 is 0 Å². The molecule has 4 N–H and O–H groups in total. The van der Waals surface area contributed by atoms with Crippen molar-refractivity contribution in [3.63, 3.8) is 0 Å². The summed E-state index contributed by atoms with van der Waals surface area (Å²) in [6.45, 7) is -0.295. The average Bonchev–Trinajstić information content (AvgIpc) is 2.50. The Morgan fingerprint density at radius 2 is 2.08 bits per heavy atom. The lowest BCUT2D eigenvalue weighted by Gasteiger charge is -2.02. The van der Waals surface area contributed by atoms with Crippen LogP contribution in [0.2, 0.25) is 0 Å². The summed E-state index contributed by atoms with van der Waals surface area (Å²) >= 11 is 0. The van der Waals surface area contributed by atoms with E-state index < -0.39 is 6.04 Å². The van der Waals surface area contributed by atoms with Crippen molar-refractivity contribution in [2.24, 2.45) is 5.73 Å². The summed E-state index contributed by atoms with van der Waals surface area (Å²) in [4.78, 5) is 0. The van der Waals surface area contributed by atoms with Crippen molar-refractivity contribution in [1.82, 2.24) is 0 Å². The van der Waals surface area contributed by atoms with Gasteiger partial charge < -0.3 is 20.4 Å². The third-order valence-electron chi connectivity index (χ3n) is 1.40. The van der Waals surface area contributed by atoms with Gasteiger partial charge in [-0.15, -0.1) is 12.4 Å². The van der Waals surface area contributed by atoms with Crippen LogP contribution in [-0.4, -0.2) is 16.8 Å². The molecule has 0 radical (unpaired) electrons. The van der Waals surface area contributed by atoms with Crippen molar-refractivity contribution >= 4 is 12.4 Å². The largest absolute Gasteiger partial charge is 0.462 e. The van der Waals surface area contributed by atoms with E-state index in [4.69, 9.17) is 20.4 Å². The van der Waals surface area contributed by atoms with E-state index in [0.29, 0.717) is 11.5 Å². The first kappa shape index (κ1) is 11.4. The molecular formula is C7H12ClNO3. The summed E-state index contributed by atoms with van der Waals surface area (Å²) in [5, 5.41) is 17.2. The minimum atomic E-state index is -0.490. The highest BCUT2D eigenvalue weighted by Gasteiger charge is 2.08. The summed E-state index contributed by atoms with van der Waals surface area (Å²) in [5.41, 5.74) is 5.44. The van der Waals surface area contributed by atoms with E-state index in [1.807, 2.05) is 0 Å². The Labute approximate surface area is 76.4 Å². The van der Waals surface area contributed by atoms with Gasteiger partial charge in [-0.1, -0.05) is 0 Å². The van der Waals surface area contributed by atoms with Crippen molar-refractivity contribution in [1.29, 1.82) is 0 Å². The maximum Gasteiger partial charge on any atom is 0.129 e. The Kier molecular flexibility index (Phi) is 4.92. The molecule has 0 aromatic carbocycles. The van der Waals surface area contributed by atoms with Crippen LogP contribution in [0.15, 0.2) is 16.5 Å². The van der Waals surface area contributed by atoms with E-state index in [2.05, 4.69) is 0 Å². The van der Waals surface area contributed by atoms with Crippen LogP contribution in [0.25, 0.3) is 0 Å². The average molecular weight is 194 g/mol. The highest BCUT2D eigenvalue weighted by molar-refractivity contribution is 5.85. The second kappa shape index (κ2) is 5.16. The molecular weight excluding hydrogens is 182 g/mol. The third-order valence-corrected chi connectivity index (χ3v) is 1.40. The van der Waals surface area contributed by atoms with Gasteiger partial charge in [-0.2, -0.15) is 0 Å². The molecule has 70 valence electrons. The predicted molar refractivity (Wildman–Crippen MR) is 45.9 cm³/mol. The number of hydrogen-bond donors (Lipinski definition) is 3. The molecule has 0 aliphatic carbocycles. The highest BCUT2D eigenvalue weighted by Crippen LogP contribution is 2.13. The summed E-state index contributed by atoms with van der Waals surface area (Å²) < 4.78 is 5.05. The molecule has 12 heavy (non-hydrogen) atoms. The minimum Gasteiger partial charge on any atom is -0.462 e. The topological polar surface area (TPSA) is 79.6 Å². The molecule has 0 amide bonds. The number of aliphatic hydroxyl groups is 2. The maximum atomic E-state index is 8.62. The summed E-state index contributed by atoms with van der Waals surface area (Å²) in [5.74, 6) is 0.959. The lowest BCUT2D eigenvalue weighted by Crippen LogP contribution is -2.13. The van der Waals surface area contributed by atoms with Gasteiger partial charge in [0, 0.05) is 0 Å². The molecule has 1 heterocycles. The maximum absolute atomic E-state index is 8.62. The first-order valence-corrected chi connectivity index (χ1v) is 3.34. The van der Waals surface area contributed by atoms with Crippen LogP contribution in [0.4, 0.5) is 0 Å². The fourth-order valence-corrected chi connectivity index (χ4v) is 0.769. The number of halogens is 1. The van der Waals surface area contributed by atoms with E-state index in [-0.39, 0.29) is 25.6 Å². The quantitative estimate of drug-likeness (QED) is 0.640. The van der Waals surface area contributed by atoms with Crippen molar-refractivity contribution in [2.45, 2.75) is 12.6 Å². The molecule has 1 atom stereocenters. The number of aliphatic hydroxyl groups excluding tert-OH is 2. The molecule has 0 aliphatic heterocycles. The summed E-state index contributed by atoms with van der Waals surface area (Å²) in [7, 11) is 0. The number of nitrogens with two attached hydrogens (primary N) is 1. The van der Waals surface area contributed by atoms with Gasteiger partial charge in [-0.3, -0.25) is 0 Å². The molecule has 1 aromatic rings. The van der Waals surface area contributed by atoms with Crippen LogP contribution >= 0.6 is 12.4 Å². The first-order chi connectivity index (χ1) is 5.27. The molecule has 0 spiro atoms. The number of rotatable bonds is 3. The van der Waals surface area contributed by atoms with E-state index in [1.165, 1.54) is 0 Å². The Morgan fingerprint density at radius 1 is 1.42 bits per heavy atom. The second-order valence-electron chi connectivity index (χ2n) is 2.25. The number of hydrogen-bond acceptors (Lipinski definition) is 4. The van der Waals surface area contributed by atoms with E-state index in [9.17, 15) is 0 Å². The molecule has 0 saturated heterocycles. The van der Waals surface area contributed by atoms with Crippen molar-refractivity contribution < 1.29 is 14.6 Å². The normalized spacial score (nSPS) is 12.2. The molecule has 0 fully saturated rings. The zero-order chi connectivity index (χ0) is 8.27. The first-order valence-electron chi connectivity index (χ1n) is 3.34. The predicted octanol–water partition coefficient (Wildman–Crippen LogP) is 0.186. The van der Waals surface area contributed by atoms with Crippen LogP contribution in [0, 0.1) is 0 Å². The molecule has 1 aromatic heterocycles. The second-order valence-corrected chi connectivity index (χ2v) is 2.25. The van der Waals surface area contributed by atoms with Gasteiger partial charge >= 0.3 is 0 Å². The van der Waals surface area contributed by atoms with Crippen molar-refractivity contribution in [3.05, 3.63) is 23.7 Å². The fourth-order valence-electron chi connectivity index (χ4n) is 0.769.